The number of halogens is 1. The van der Waals surface area contributed by atoms with Crippen LogP contribution >= 0.6 is 11.6 Å². The standard InChI is InChI=1S/C11H12ClNO2/c1-2-14-11-13-7-10(15-11)8-3-5-9(12)6-4-8/h3-6,10H,2,7H2,1H3. The van der Waals surface area contributed by atoms with Gasteiger partial charge in [-0.1, -0.05) is 23.7 Å². The minimum Gasteiger partial charge on any atom is -0.451 e. The second-order valence-corrected chi connectivity index (χ2v) is 3.63. The molecule has 3 nitrogen and oxygen atoms in total. The van der Waals surface area contributed by atoms with Gasteiger partial charge in [0.15, 0.2) is 0 Å². The number of rotatable bonds is 2. The summed E-state index contributed by atoms with van der Waals surface area (Å²) in [6, 6.07) is 7.58. The van der Waals surface area contributed by atoms with Gasteiger partial charge >= 0.3 is 6.08 Å². The second-order valence-electron chi connectivity index (χ2n) is 3.20. The molecular formula is C11H12ClNO2. The van der Waals surface area contributed by atoms with E-state index >= 15 is 0 Å². The molecule has 0 saturated carbocycles. The zero-order valence-corrected chi connectivity index (χ0v) is 9.20. The van der Waals surface area contributed by atoms with Gasteiger partial charge in [-0.2, -0.15) is 0 Å². The predicted octanol–water partition coefficient (Wildman–Crippen LogP) is 2.80. The van der Waals surface area contributed by atoms with Crippen molar-refractivity contribution in [3.8, 4) is 0 Å². The maximum atomic E-state index is 5.80. The lowest BCUT2D eigenvalue weighted by Crippen LogP contribution is -2.08. The Morgan fingerprint density at radius 2 is 2.20 bits per heavy atom. The Hall–Kier alpha value is -1.22. The molecule has 1 unspecified atom stereocenters. The SMILES string of the molecule is CCOC1=NCC(c2ccc(Cl)cc2)O1. The zero-order chi connectivity index (χ0) is 10.7. The van der Waals surface area contributed by atoms with Gasteiger partial charge in [0.2, 0.25) is 0 Å². The molecule has 4 heteroatoms. The summed E-state index contributed by atoms with van der Waals surface area (Å²) >= 11 is 5.80. The monoisotopic (exact) mass is 225 g/mol. The van der Waals surface area contributed by atoms with Crippen molar-refractivity contribution >= 4 is 17.7 Å². The van der Waals surface area contributed by atoms with Crippen LogP contribution in [0.1, 0.15) is 18.6 Å². The zero-order valence-electron chi connectivity index (χ0n) is 8.44. The Bertz CT molecular complexity index is 361. The number of hydrogen-bond donors (Lipinski definition) is 0. The maximum absolute atomic E-state index is 5.80. The van der Waals surface area contributed by atoms with Crippen molar-refractivity contribution in [2.24, 2.45) is 4.99 Å². The molecule has 0 amide bonds. The van der Waals surface area contributed by atoms with Gasteiger partial charge in [-0.15, -0.1) is 0 Å². The van der Waals surface area contributed by atoms with Crippen molar-refractivity contribution in [3.63, 3.8) is 0 Å². The summed E-state index contributed by atoms with van der Waals surface area (Å²) in [7, 11) is 0. The molecule has 0 saturated heterocycles. The van der Waals surface area contributed by atoms with E-state index in [0.29, 0.717) is 19.2 Å². The average molecular weight is 226 g/mol. The summed E-state index contributed by atoms with van der Waals surface area (Å²) in [5.41, 5.74) is 1.07. The van der Waals surface area contributed by atoms with Crippen molar-refractivity contribution < 1.29 is 9.47 Å². The first-order valence-corrected chi connectivity index (χ1v) is 5.26. The van der Waals surface area contributed by atoms with Crippen LogP contribution in [0.25, 0.3) is 0 Å². The minimum atomic E-state index is -0.0381. The van der Waals surface area contributed by atoms with Gasteiger partial charge in [0.05, 0.1) is 13.2 Å². The number of aliphatic imine (C=N–C) groups is 1. The molecule has 1 heterocycles. The number of ether oxygens (including phenoxy) is 2. The molecule has 0 fully saturated rings. The van der Waals surface area contributed by atoms with Gasteiger partial charge in [-0.05, 0) is 24.6 Å². The van der Waals surface area contributed by atoms with Crippen LogP contribution in [0.2, 0.25) is 5.02 Å². The molecule has 0 aromatic heterocycles. The fraction of sp³-hybridized carbons (Fsp3) is 0.364. The molecule has 2 rings (SSSR count). The van der Waals surface area contributed by atoms with Crippen LogP contribution in [-0.4, -0.2) is 19.2 Å². The lowest BCUT2D eigenvalue weighted by molar-refractivity contribution is 0.144. The quantitative estimate of drug-likeness (QED) is 0.775. The summed E-state index contributed by atoms with van der Waals surface area (Å²) in [4.78, 5) is 4.14. The molecule has 80 valence electrons. The van der Waals surface area contributed by atoms with Gasteiger partial charge in [0, 0.05) is 5.02 Å². The molecule has 1 atom stereocenters. The highest BCUT2D eigenvalue weighted by atomic mass is 35.5. The van der Waals surface area contributed by atoms with E-state index in [-0.39, 0.29) is 6.10 Å². The third-order valence-corrected chi connectivity index (χ3v) is 2.39. The summed E-state index contributed by atoms with van der Waals surface area (Å²) in [5, 5.41) is 0.725. The van der Waals surface area contributed by atoms with E-state index in [1.54, 1.807) is 0 Å². The van der Waals surface area contributed by atoms with Crippen LogP contribution in [-0.2, 0) is 9.47 Å². The lowest BCUT2D eigenvalue weighted by atomic mass is 10.1. The second kappa shape index (κ2) is 4.53. The Balaban J connectivity index is 2.01. The molecular weight excluding hydrogens is 214 g/mol. The fourth-order valence-corrected chi connectivity index (χ4v) is 1.53. The molecule has 1 aromatic rings. The molecule has 1 aliphatic rings. The van der Waals surface area contributed by atoms with Gasteiger partial charge < -0.3 is 9.47 Å². The first-order chi connectivity index (χ1) is 7.29. The molecule has 0 spiro atoms. The molecule has 0 N–H and O–H groups in total. The van der Waals surface area contributed by atoms with Crippen molar-refractivity contribution in [1.29, 1.82) is 0 Å². The third kappa shape index (κ3) is 2.42. The third-order valence-electron chi connectivity index (χ3n) is 2.14. The Kier molecular flexibility index (Phi) is 3.11. The largest absolute Gasteiger partial charge is 0.451 e. The molecule has 0 bridgehead atoms. The van der Waals surface area contributed by atoms with Crippen LogP contribution in [0, 0.1) is 0 Å². The number of hydrogen-bond acceptors (Lipinski definition) is 3. The smallest absolute Gasteiger partial charge is 0.384 e. The van der Waals surface area contributed by atoms with Crippen LogP contribution in [0.15, 0.2) is 29.3 Å². The molecule has 1 aromatic carbocycles. The van der Waals surface area contributed by atoms with Crippen molar-refractivity contribution in [2.45, 2.75) is 13.0 Å². The highest BCUT2D eigenvalue weighted by molar-refractivity contribution is 6.30. The first kappa shape index (κ1) is 10.3. The Morgan fingerprint density at radius 1 is 1.47 bits per heavy atom. The van der Waals surface area contributed by atoms with Crippen molar-refractivity contribution in [2.75, 3.05) is 13.2 Å². The van der Waals surface area contributed by atoms with Crippen LogP contribution < -0.4 is 0 Å². The topological polar surface area (TPSA) is 30.8 Å². The van der Waals surface area contributed by atoms with E-state index in [1.807, 2.05) is 31.2 Å². The van der Waals surface area contributed by atoms with Crippen LogP contribution in [0.4, 0.5) is 0 Å². The highest BCUT2D eigenvalue weighted by Gasteiger charge is 2.22. The number of benzene rings is 1. The first-order valence-electron chi connectivity index (χ1n) is 4.89. The van der Waals surface area contributed by atoms with E-state index in [2.05, 4.69) is 4.99 Å². The molecule has 15 heavy (non-hydrogen) atoms. The van der Waals surface area contributed by atoms with E-state index in [0.717, 1.165) is 10.6 Å². The summed E-state index contributed by atoms with van der Waals surface area (Å²) in [6.45, 7) is 3.09. The molecule has 0 aliphatic carbocycles. The van der Waals surface area contributed by atoms with Crippen LogP contribution in [0.5, 0.6) is 0 Å². The fourth-order valence-electron chi connectivity index (χ4n) is 1.41. The highest BCUT2D eigenvalue weighted by Crippen LogP contribution is 2.24. The predicted molar refractivity (Wildman–Crippen MR) is 59.2 cm³/mol. The van der Waals surface area contributed by atoms with E-state index in [9.17, 15) is 0 Å². The van der Waals surface area contributed by atoms with Crippen molar-refractivity contribution in [1.82, 2.24) is 0 Å². The van der Waals surface area contributed by atoms with Gasteiger partial charge in [0.25, 0.3) is 0 Å². The van der Waals surface area contributed by atoms with E-state index in [1.165, 1.54) is 0 Å². The maximum Gasteiger partial charge on any atom is 0.384 e. The van der Waals surface area contributed by atoms with Gasteiger partial charge in [-0.25, -0.2) is 4.99 Å². The Labute approximate surface area is 93.7 Å². The summed E-state index contributed by atoms with van der Waals surface area (Å²) < 4.78 is 10.7. The lowest BCUT2D eigenvalue weighted by Gasteiger charge is -2.10. The normalized spacial score (nSPS) is 19.6. The van der Waals surface area contributed by atoms with Crippen molar-refractivity contribution in [3.05, 3.63) is 34.9 Å². The van der Waals surface area contributed by atoms with Gasteiger partial charge in [0.1, 0.15) is 6.10 Å². The van der Waals surface area contributed by atoms with Crippen LogP contribution in [0.3, 0.4) is 0 Å². The Morgan fingerprint density at radius 3 is 2.87 bits per heavy atom. The van der Waals surface area contributed by atoms with E-state index in [4.69, 9.17) is 21.1 Å². The average Bonchev–Trinajstić information content (AvgIpc) is 2.68. The molecule has 0 radical (unpaired) electrons. The summed E-state index contributed by atoms with van der Waals surface area (Å²) in [6.07, 6.45) is 0.348. The van der Waals surface area contributed by atoms with Gasteiger partial charge in [-0.3, -0.25) is 0 Å². The summed E-state index contributed by atoms with van der Waals surface area (Å²) in [5.74, 6) is 0. The molecule has 1 aliphatic heterocycles. The van der Waals surface area contributed by atoms with E-state index < -0.39 is 0 Å². The number of nitrogens with zero attached hydrogens (tertiary/aromatic N) is 1. The minimum absolute atomic E-state index is 0.0381.